The Labute approximate surface area is 139 Å². The minimum atomic E-state index is -0.0845. The Bertz CT molecular complexity index is 797. The summed E-state index contributed by atoms with van der Waals surface area (Å²) < 4.78 is 2.03. The van der Waals surface area contributed by atoms with E-state index in [2.05, 4.69) is 10.3 Å². The molecule has 4 nitrogen and oxygen atoms in total. The van der Waals surface area contributed by atoms with Gasteiger partial charge in [-0.3, -0.25) is 4.79 Å². The molecule has 0 bridgehead atoms. The van der Waals surface area contributed by atoms with Crippen molar-refractivity contribution in [2.24, 2.45) is 0 Å². The van der Waals surface area contributed by atoms with Gasteiger partial charge in [-0.25, -0.2) is 4.98 Å². The standard InChI is InChI=1S/C18H16ClN3O/c1-13(23)21-17-7-5-14(6-8-17)18(22-10-9-20-12-22)15-3-2-4-16(19)11-15/h2-12,18H,1H3,(H,21,23). The van der Waals surface area contributed by atoms with E-state index >= 15 is 0 Å². The van der Waals surface area contributed by atoms with Gasteiger partial charge >= 0.3 is 0 Å². The van der Waals surface area contributed by atoms with Crippen LogP contribution in [0.4, 0.5) is 5.69 Å². The van der Waals surface area contributed by atoms with E-state index in [4.69, 9.17) is 11.6 Å². The van der Waals surface area contributed by atoms with E-state index in [9.17, 15) is 4.79 Å². The van der Waals surface area contributed by atoms with Gasteiger partial charge in [-0.1, -0.05) is 35.9 Å². The van der Waals surface area contributed by atoms with Crippen molar-refractivity contribution in [3.8, 4) is 0 Å². The molecule has 0 saturated carbocycles. The van der Waals surface area contributed by atoms with E-state index in [1.54, 1.807) is 12.5 Å². The molecule has 116 valence electrons. The van der Waals surface area contributed by atoms with Gasteiger partial charge in [0.15, 0.2) is 0 Å². The summed E-state index contributed by atoms with van der Waals surface area (Å²) in [6, 6.07) is 15.5. The number of benzene rings is 2. The summed E-state index contributed by atoms with van der Waals surface area (Å²) in [6.45, 7) is 1.49. The van der Waals surface area contributed by atoms with Crippen LogP contribution in [-0.2, 0) is 4.79 Å². The van der Waals surface area contributed by atoms with Gasteiger partial charge in [0.2, 0.25) is 5.91 Å². The van der Waals surface area contributed by atoms with Crippen LogP contribution in [0.5, 0.6) is 0 Å². The molecule has 0 radical (unpaired) electrons. The van der Waals surface area contributed by atoms with E-state index in [0.29, 0.717) is 5.02 Å². The van der Waals surface area contributed by atoms with E-state index in [1.807, 2.05) is 59.3 Å². The van der Waals surface area contributed by atoms with Crippen molar-refractivity contribution in [2.75, 3.05) is 5.32 Å². The predicted molar refractivity (Wildman–Crippen MR) is 91.7 cm³/mol. The molecule has 1 unspecified atom stereocenters. The van der Waals surface area contributed by atoms with Crippen LogP contribution in [-0.4, -0.2) is 15.5 Å². The molecule has 23 heavy (non-hydrogen) atoms. The Hall–Kier alpha value is -2.59. The number of aromatic nitrogens is 2. The van der Waals surface area contributed by atoms with Crippen LogP contribution in [0.2, 0.25) is 5.02 Å². The van der Waals surface area contributed by atoms with Gasteiger partial charge < -0.3 is 9.88 Å². The summed E-state index contributed by atoms with van der Waals surface area (Å²) in [6.07, 6.45) is 5.46. The zero-order chi connectivity index (χ0) is 16.2. The summed E-state index contributed by atoms with van der Waals surface area (Å²) in [5.74, 6) is -0.0845. The van der Waals surface area contributed by atoms with Gasteiger partial charge in [-0.2, -0.15) is 0 Å². The van der Waals surface area contributed by atoms with Gasteiger partial charge in [-0.15, -0.1) is 0 Å². The smallest absolute Gasteiger partial charge is 0.221 e. The fraction of sp³-hybridized carbons (Fsp3) is 0.111. The van der Waals surface area contributed by atoms with Gasteiger partial charge in [0, 0.05) is 30.0 Å². The molecule has 0 aliphatic carbocycles. The van der Waals surface area contributed by atoms with Crippen LogP contribution in [0, 0.1) is 0 Å². The Morgan fingerprint density at radius 2 is 1.96 bits per heavy atom. The van der Waals surface area contributed by atoms with Crippen molar-refractivity contribution in [1.82, 2.24) is 9.55 Å². The molecule has 1 atom stereocenters. The summed E-state index contributed by atoms with van der Waals surface area (Å²) in [5.41, 5.74) is 2.93. The van der Waals surface area contributed by atoms with Crippen LogP contribution < -0.4 is 5.32 Å². The monoisotopic (exact) mass is 325 g/mol. The molecular weight excluding hydrogens is 310 g/mol. The lowest BCUT2D eigenvalue weighted by molar-refractivity contribution is -0.114. The largest absolute Gasteiger partial charge is 0.326 e. The molecule has 2 aromatic carbocycles. The Morgan fingerprint density at radius 1 is 1.17 bits per heavy atom. The Balaban J connectivity index is 2.00. The maximum absolute atomic E-state index is 11.1. The molecule has 1 N–H and O–H groups in total. The number of carbonyl (C=O) groups excluding carboxylic acids is 1. The topological polar surface area (TPSA) is 46.9 Å². The lowest BCUT2D eigenvalue weighted by Gasteiger charge is -2.20. The van der Waals surface area contributed by atoms with Gasteiger partial charge in [-0.05, 0) is 35.4 Å². The maximum Gasteiger partial charge on any atom is 0.221 e. The molecule has 0 fully saturated rings. The zero-order valence-electron chi connectivity index (χ0n) is 12.6. The lowest BCUT2D eigenvalue weighted by atomic mass is 9.98. The van der Waals surface area contributed by atoms with E-state index in [1.165, 1.54) is 6.92 Å². The fourth-order valence-electron chi connectivity index (χ4n) is 2.59. The lowest BCUT2D eigenvalue weighted by Crippen LogP contribution is -2.11. The minimum absolute atomic E-state index is 0.0254. The zero-order valence-corrected chi connectivity index (χ0v) is 13.4. The second kappa shape index (κ2) is 6.67. The van der Waals surface area contributed by atoms with Crippen molar-refractivity contribution < 1.29 is 4.79 Å². The maximum atomic E-state index is 11.1. The highest BCUT2D eigenvalue weighted by molar-refractivity contribution is 6.30. The van der Waals surface area contributed by atoms with E-state index < -0.39 is 0 Å². The average Bonchev–Trinajstić information content (AvgIpc) is 3.03. The van der Waals surface area contributed by atoms with Crippen molar-refractivity contribution >= 4 is 23.2 Å². The van der Waals surface area contributed by atoms with Gasteiger partial charge in [0.25, 0.3) is 0 Å². The quantitative estimate of drug-likeness (QED) is 0.784. The molecule has 0 aliphatic rings. The Morgan fingerprint density at radius 3 is 2.57 bits per heavy atom. The molecular formula is C18H16ClN3O. The number of hydrogen-bond acceptors (Lipinski definition) is 2. The number of amides is 1. The third kappa shape index (κ3) is 3.60. The average molecular weight is 326 g/mol. The summed E-state index contributed by atoms with van der Waals surface area (Å²) in [4.78, 5) is 15.3. The van der Waals surface area contributed by atoms with Crippen LogP contribution in [0.1, 0.15) is 24.1 Å². The number of hydrogen-bond donors (Lipinski definition) is 1. The highest BCUT2D eigenvalue weighted by Crippen LogP contribution is 2.29. The third-order valence-corrected chi connectivity index (χ3v) is 3.77. The van der Waals surface area contributed by atoms with Crippen molar-refractivity contribution in [3.05, 3.63) is 83.4 Å². The minimum Gasteiger partial charge on any atom is -0.326 e. The molecule has 5 heteroatoms. The first-order valence-electron chi connectivity index (χ1n) is 7.24. The SMILES string of the molecule is CC(=O)Nc1ccc(C(c2cccc(Cl)c2)n2ccnc2)cc1. The Kier molecular flexibility index (Phi) is 4.44. The first-order valence-corrected chi connectivity index (χ1v) is 7.62. The van der Waals surface area contributed by atoms with Gasteiger partial charge in [0.05, 0.1) is 12.4 Å². The molecule has 3 rings (SSSR count). The number of anilines is 1. The second-order valence-corrected chi connectivity index (χ2v) is 5.71. The first-order chi connectivity index (χ1) is 11.1. The molecule has 3 aromatic rings. The van der Waals surface area contributed by atoms with Gasteiger partial charge in [0.1, 0.15) is 0 Å². The third-order valence-electron chi connectivity index (χ3n) is 3.53. The number of imidazole rings is 1. The van der Waals surface area contributed by atoms with Crippen LogP contribution in [0.3, 0.4) is 0 Å². The van der Waals surface area contributed by atoms with Crippen molar-refractivity contribution in [1.29, 1.82) is 0 Å². The second-order valence-electron chi connectivity index (χ2n) is 5.27. The molecule has 1 amide bonds. The van der Waals surface area contributed by atoms with E-state index in [-0.39, 0.29) is 11.9 Å². The molecule has 0 saturated heterocycles. The van der Waals surface area contributed by atoms with Crippen LogP contribution in [0.15, 0.2) is 67.3 Å². The summed E-state index contributed by atoms with van der Waals surface area (Å²) in [7, 11) is 0. The highest BCUT2D eigenvalue weighted by Gasteiger charge is 2.16. The number of nitrogens with one attached hydrogen (secondary N) is 1. The van der Waals surface area contributed by atoms with E-state index in [0.717, 1.165) is 16.8 Å². The number of rotatable bonds is 4. The molecule has 1 aromatic heterocycles. The summed E-state index contributed by atoms with van der Waals surface area (Å²) >= 11 is 6.15. The van der Waals surface area contributed by atoms with Crippen LogP contribution >= 0.6 is 11.6 Å². The van der Waals surface area contributed by atoms with Crippen molar-refractivity contribution in [3.63, 3.8) is 0 Å². The highest BCUT2D eigenvalue weighted by atomic mass is 35.5. The normalized spacial score (nSPS) is 11.9. The number of carbonyl (C=O) groups is 1. The van der Waals surface area contributed by atoms with Crippen molar-refractivity contribution in [2.45, 2.75) is 13.0 Å². The predicted octanol–water partition coefficient (Wildman–Crippen LogP) is 4.13. The molecule has 0 aliphatic heterocycles. The molecule has 0 spiro atoms. The number of nitrogens with zero attached hydrogens (tertiary/aromatic N) is 2. The van der Waals surface area contributed by atoms with Crippen LogP contribution in [0.25, 0.3) is 0 Å². The first kappa shape index (κ1) is 15.3. The fourth-order valence-corrected chi connectivity index (χ4v) is 2.79. The molecule has 1 heterocycles. The summed E-state index contributed by atoms with van der Waals surface area (Å²) in [5, 5.41) is 3.47. The number of halogens is 1.